The van der Waals surface area contributed by atoms with Crippen LogP contribution >= 0.6 is 0 Å². The van der Waals surface area contributed by atoms with E-state index in [4.69, 9.17) is 4.74 Å². The lowest BCUT2D eigenvalue weighted by molar-refractivity contribution is -0.147. The summed E-state index contributed by atoms with van der Waals surface area (Å²) >= 11 is 0. The fraction of sp³-hybridized carbons (Fsp3) is 0.516. The molecule has 0 radical (unpaired) electrons. The number of carbonyl (C=O) groups excluding carboxylic acids is 3. The number of carbonyl (C=O) groups is 3. The summed E-state index contributed by atoms with van der Waals surface area (Å²) in [6.07, 6.45) is -0.0178. The van der Waals surface area contributed by atoms with Crippen LogP contribution in [0.3, 0.4) is 0 Å². The summed E-state index contributed by atoms with van der Waals surface area (Å²) in [4.78, 5) is 42.8. The molecule has 0 aromatic heterocycles. The normalized spacial score (nSPS) is 14.2. The highest BCUT2D eigenvalue weighted by Crippen LogP contribution is 2.33. The van der Waals surface area contributed by atoms with E-state index >= 15 is 0 Å². The maximum atomic E-state index is 14.4. The van der Waals surface area contributed by atoms with Gasteiger partial charge in [-0.1, -0.05) is 68.3 Å². The highest BCUT2D eigenvalue weighted by molar-refractivity contribution is 5.99. The zero-order valence-corrected chi connectivity index (χ0v) is 24.6. The molecule has 0 heterocycles. The van der Waals surface area contributed by atoms with Crippen LogP contribution in [0.15, 0.2) is 48.5 Å². The Bertz CT molecular complexity index is 1130. The minimum atomic E-state index is -0.936. The molecule has 3 unspecified atom stereocenters. The molecule has 7 heteroatoms. The summed E-state index contributed by atoms with van der Waals surface area (Å²) in [7, 11) is 0. The van der Waals surface area contributed by atoms with E-state index < -0.39 is 29.3 Å². The first-order chi connectivity index (χ1) is 17.5. The SMILES string of the molecule is CCC(C)C(NC(=O)OC(C)(C)C)C(=O)N(C(C(=O)Nc1ccccc1C)c1cccc(C)c1)C(C)(C)C. The number of amides is 3. The third-order valence-electron chi connectivity index (χ3n) is 6.38. The minimum Gasteiger partial charge on any atom is -0.444 e. The van der Waals surface area contributed by atoms with Crippen LogP contribution in [0.2, 0.25) is 0 Å². The number of anilines is 1. The second kappa shape index (κ2) is 12.5. The van der Waals surface area contributed by atoms with Crippen molar-refractivity contribution in [1.82, 2.24) is 10.2 Å². The average molecular weight is 524 g/mol. The fourth-order valence-corrected chi connectivity index (χ4v) is 4.28. The molecule has 3 atom stereocenters. The number of rotatable bonds is 8. The van der Waals surface area contributed by atoms with Crippen molar-refractivity contribution in [3.05, 3.63) is 65.2 Å². The van der Waals surface area contributed by atoms with E-state index in [0.717, 1.165) is 11.1 Å². The summed E-state index contributed by atoms with van der Waals surface area (Å²) in [5.74, 6) is -0.866. The van der Waals surface area contributed by atoms with E-state index in [2.05, 4.69) is 10.6 Å². The molecule has 3 amide bonds. The van der Waals surface area contributed by atoms with Crippen LogP contribution in [-0.2, 0) is 14.3 Å². The third kappa shape index (κ3) is 8.33. The van der Waals surface area contributed by atoms with Crippen molar-refractivity contribution < 1.29 is 19.1 Å². The van der Waals surface area contributed by atoms with Gasteiger partial charge < -0.3 is 20.3 Å². The van der Waals surface area contributed by atoms with Crippen molar-refractivity contribution in [3.8, 4) is 0 Å². The maximum Gasteiger partial charge on any atom is 0.408 e. The molecule has 2 rings (SSSR count). The number of nitrogens with one attached hydrogen (secondary N) is 2. The quantitative estimate of drug-likeness (QED) is 0.411. The van der Waals surface area contributed by atoms with Gasteiger partial charge in [-0.2, -0.15) is 0 Å². The average Bonchev–Trinajstić information content (AvgIpc) is 2.79. The standard InChI is InChI=1S/C31H45N3O4/c1-11-21(3)25(33-29(37)38-31(8,9)10)28(36)34(30(5,6)7)26(23-17-14-15-20(2)19-23)27(35)32-24-18-13-12-16-22(24)4/h12-19,21,25-26H,11H2,1-10H3,(H,32,35)(H,33,37). The minimum absolute atomic E-state index is 0.197. The molecule has 0 aliphatic heterocycles. The van der Waals surface area contributed by atoms with E-state index in [1.54, 1.807) is 25.7 Å². The van der Waals surface area contributed by atoms with E-state index in [-0.39, 0.29) is 17.7 Å². The Morgan fingerprint density at radius 2 is 1.58 bits per heavy atom. The summed E-state index contributed by atoms with van der Waals surface area (Å²) in [5.41, 5.74) is 1.80. The Labute approximate surface area is 228 Å². The summed E-state index contributed by atoms with van der Waals surface area (Å²) < 4.78 is 5.48. The molecule has 0 saturated heterocycles. The predicted molar refractivity (Wildman–Crippen MR) is 153 cm³/mol. The van der Waals surface area contributed by atoms with Gasteiger partial charge in [0, 0.05) is 11.2 Å². The van der Waals surface area contributed by atoms with Gasteiger partial charge in [-0.3, -0.25) is 9.59 Å². The summed E-state index contributed by atoms with van der Waals surface area (Å²) in [5, 5.41) is 5.85. The van der Waals surface area contributed by atoms with Gasteiger partial charge in [0.05, 0.1) is 0 Å². The van der Waals surface area contributed by atoms with Gasteiger partial charge in [-0.05, 0) is 78.5 Å². The Kier molecular flexibility index (Phi) is 10.1. The number of hydrogen-bond acceptors (Lipinski definition) is 4. The Hall–Kier alpha value is -3.35. The van der Waals surface area contributed by atoms with Crippen molar-refractivity contribution in [2.75, 3.05) is 5.32 Å². The number of nitrogens with zero attached hydrogens (tertiary/aromatic N) is 1. The predicted octanol–water partition coefficient (Wildman–Crippen LogP) is 6.55. The lowest BCUT2D eigenvalue weighted by atomic mass is 9.91. The molecule has 208 valence electrons. The lowest BCUT2D eigenvalue weighted by Crippen LogP contribution is -2.59. The van der Waals surface area contributed by atoms with Gasteiger partial charge in [0.25, 0.3) is 5.91 Å². The molecule has 0 aliphatic rings. The molecular formula is C31H45N3O4. The Morgan fingerprint density at radius 3 is 2.11 bits per heavy atom. The molecule has 7 nitrogen and oxygen atoms in total. The topological polar surface area (TPSA) is 87.7 Å². The second-order valence-electron chi connectivity index (χ2n) is 12.0. The molecule has 0 fully saturated rings. The van der Waals surface area contributed by atoms with Crippen LogP contribution in [0, 0.1) is 19.8 Å². The van der Waals surface area contributed by atoms with Gasteiger partial charge >= 0.3 is 6.09 Å². The summed E-state index contributed by atoms with van der Waals surface area (Å²) in [6, 6.07) is 13.3. The van der Waals surface area contributed by atoms with Crippen molar-refractivity contribution >= 4 is 23.6 Å². The maximum absolute atomic E-state index is 14.4. The Balaban J connectivity index is 2.62. The van der Waals surface area contributed by atoms with Crippen LogP contribution in [0.1, 0.15) is 84.5 Å². The molecule has 0 saturated carbocycles. The van der Waals surface area contributed by atoms with Crippen molar-refractivity contribution in [3.63, 3.8) is 0 Å². The van der Waals surface area contributed by atoms with Gasteiger partial charge in [0.1, 0.15) is 17.7 Å². The van der Waals surface area contributed by atoms with E-state index in [9.17, 15) is 14.4 Å². The van der Waals surface area contributed by atoms with Crippen LogP contribution in [0.25, 0.3) is 0 Å². The molecule has 2 aromatic rings. The third-order valence-corrected chi connectivity index (χ3v) is 6.38. The molecule has 2 aromatic carbocycles. The van der Waals surface area contributed by atoms with Crippen molar-refractivity contribution in [2.45, 2.75) is 98.9 Å². The molecule has 0 spiro atoms. The zero-order chi connectivity index (χ0) is 28.8. The van der Waals surface area contributed by atoms with Crippen LogP contribution in [0.5, 0.6) is 0 Å². The van der Waals surface area contributed by atoms with Gasteiger partial charge in [0.2, 0.25) is 5.91 Å². The van der Waals surface area contributed by atoms with Crippen LogP contribution in [0.4, 0.5) is 10.5 Å². The molecule has 0 bridgehead atoms. The summed E-state index contributed by atoms with van der Waals surface area (Å²) in [6.45, 7) is 18.8. The first-order valence-corrected chi connectivity index (χ1v) is 13.3. The van der Waals surface area contributed by atoms with E-state index in [1.807, 2.05) is 97.0 Å². The van der Waals surface area contributed by atoms with E-state index in [1.165, 1.54) is 0 Å². The second-order valence-corrected chi connectivity index (χ2v) is 12.0. The van der Waals surface area contributed by atoms with Crippen molar-refractivity contribution in [1.29, 1.82) is 0 Å². The molecule has 38 heavy (non-hydrogen) atoms. The number of benzene rings is 2. The smallest absolute Gasteiger partial charge is 0.408 e. The highest BCUT2D eigenvalue weighted by Gasteiger charge is 2.43. The number of aryl methyl sites for hydroxylation is 2. The monoisotopic (exact) mass is 523 g/mol. The number of para-hydroxylation sites is 1. The van der Waals surface area contributed by atoms with Crippen molar-refractivity contribution in [2.24, 2.45) is 5.92 Å². The molecular weight excluding hydrogens is 478 g/mol. The first-order valence-electron chi connectivity index (χ1n) is 13.3. The van der Waals surface area contributed by atoms with E-state index in [0.29, 0.717) is 17.7 Å². The van der Waals surface area contributed by atoms with Crippen LogP contribution < -0.4 is 10.6 Å². The largest absolute Gasteiger partial charge is 0.444 e. The lowest BCUT2D eigenvalue weighted by Gasteiger charge is -2.44. The Morgan fingerprint density at radius 1 is 0.947 bits per heavy atom. The molecule has 2 N–H and O–H groups in total. The number of hydrogen-bond donors (Lipinski definition) is 2. The van der Waals surface area contributed by atoms with Gasteiger partial charge in [0.15, 0.2) is 0 Å². The van der Waals surface area contributed by atoms with Gasteiger partial charge in [-0.25, -0.2) is 4.79 Å². The van der Waals surface area contributed by atoms with Gasteiger partial charge in [-0.15, -0.1) is 0 Å². The van der Waals surface area contributed by atoms with Crippen LogP contribution in [-0.4, -0.2) is 40.0 Å². The molecule has 0 aliphatic carbocycles. The number of alkyl carbamates (subject to hydrolysis) is 1. The zero-order valence-electron chi connectivity index (χ0n) is 24.6. The number of ether oxygens (including phenoxy) is 1. The first kappa shape index (κ1) is 30.9. The highest BCUT2D eigenvalue weighted by atomic mass is 16.6. The fourth-order valence-electron chi connectivity index (χ4n) is 4.28.